The summed E-state index contributed by atoms with van der Waals surface area (Å²) in [4.78, 5) is 12.0. The number of aliphatic hydroxyl groups is 1. The van der Waals surface area contributed by atoms with E-state index in [2.05, 4.69) is 21.2 Å². The van der Waals surface area contributed by atoms with Crippen LogP contribution in [0.25, 0.3) is 10.8 Å². The van der Waals surface area contributed by atoms with E-state index in [0.29, 0.717) is 25.3 Å². The summed E-state index contributed by atoms with van der Waals surface area (Å²) in [6, 6.07) is 11.5. The number of carbonyl (C=O) groups excluding carboxylic acids is 1. The van der Waals surface area contributed by atoms with Crippen LogP contribution in [0.2, 0.25) is 0 Å². The van der Waals surface area contributed by atoms with Gasteiger partial charge in [0.25, 0.3) is 5.91 Å². The van der Waals surface area contributed by atoms with Gasteiger partial charge in [-0.25, -0.2) is 0 Å². The van der Waals surface area contributed by atoms with Crippen LogP contribution in [0.15, 0.2) is 40.9 Å². The van der Waals surface area contributed by atoms with Crippen molar-refractivity contribution in [2.75, 3.05) is 26.4 Å². The first-order valence-electron chi connectivity index (χ1n) is 6.37. The summed E-state index contributed by atoms with van der Waals surface area (Å²) in [5, 5.41) is 13.4. The maximum atomic E-state index is 12.0. The number of benzene rings is 2. The average molecular weight is 338 g/mol. The lowest BCUT2D eigenvalue weighted by Gasteiger charge is -2.07. The van der Waals surface area contributed by atoms with E-state index in [0.717, 1.165) is 15.2 Å². The molecule has 0 heterocycles. The van der Waals surface area contributed by atoms with E-state index >= 15 is 0 Å². The molecule has 4 nitrogen and oxygen atoms in total. The second kappa shape index (κ2) is 7.38. The van der Waals surface area contributed by atoms with Crippen LogP contribution >= 0.6 is 15.9 Å². The smallest absolute Gasteiger partial charge is 0.251 e. The molecule has 0 bridgehead atoms. The first-order chi connectivity index (χ1) is 9.70. The molecule has 2 N–H and O–H groups in total. The molecular weight excluding hydrogens is 322 g/mol. The fourth-order valence-corrected chi connectivity index (χ4v) is 2.24. The molecule has 0 saturated heterocycles. The number of hydrogen-bond acceptors (Lipinski definition) is 3. The van der Waals surface area contributed by atoms with Crippen molar-refractivity contribution in [1.29, 1.82) is 0 Å². The van der Waals surface area contributed by atoms with E-state index in [9.17, 15) is 4.79 Å². The Labute approximate surface area is 125 Å². The predicted octanol–water partition coefficient (Wildman–Crippen LogP) is 2.34. The maximum absolute atomic E-state index is 12.0. The van der Waals surface area contributed by atoms with Gasteiger partial charge < -0.3 is 15.2 Å². The number of fused-ring (bicyclic) bond motifs is 1. The molecule has 2 aromatic carbocycles. The molecule has 2 rings (SSSR count). The lowest BCUT2D eigenvalue weighted by molar-refractivity contribution is 0.0838. The molecule has 0 aromatic heterocycles. The molecule has 2 aromatic rings. The van der Waals surface area contributed by atoms with Gasteiger partial charge in [0.1, 0.15) is 0 Å². The Bertz CT molecular complexity index is 601. The zero-order chi connectivity index (χ0) is 14.4. The summed E-state index contributed by atoms with van der Waals surface area (Å²) >= 11 is 3.42. The minimum atomic E-state index is -0.123. The Morgan fingerprint density at radius 3 is 2.70 bits per heavy atom. The lowest BCUT2D eigenvalue weighted by Crippen LogP contribution is -2.27. The first-order valence-corrected chi connectivity index (χ1v) is 7.16. The molecular formula is C15H16BrNO3. The van der Waals surface area contributed by atoms with Gasteiger partial charge in [0, 0.05) is 16.6 Å². The van der Waals surface area contributed by atoms with Crippen molar-refractivity contribution in [2.24, 2.45) is 0 Å². The topological polar surface area (TPSA) is 58.6 Å². The molecule has 1 amide bonds. The number of carbonyl (C=O) groups is 1. The molecule has 0 aliphatic heterocycles. The average Bonchev–Trinajstić information content (AvgIpc) is 2.46. The Morgan fingerprint density at radius 1 is 1.15 bits per heavy atom. The number of aliphatic hydroxyl groups excluding tert-OH is 1. The van der Waals surface area contributed by atoms with Crippen molar-refractivity contribution < 1.29 is 14.6 Å². The van der Waals surface area contributed by atoms with Crippen molar-refractivity contribution in [3.8, 4) is 0 Å². The molecule has 5 heteroatoms. The standard InChI is InChI=1S/C15H16BrNO3/c16-14-4-3-11-9-13(2-1-12(11)10-14)15(19)17-5-7-20-8-6-18/h1-4,9-10,18H,5-8H2,(H,17,19). The Morgan fingerprint density at radius 2 is 1.90 bits per heavy atom. The van der Waals surface area contributed by atoms with E-state index in [4.69, 9.17) is 9.84 Å². The van der Waals surface area contributed by atoms with Crippen LogP contribution < -0.4 is 5.32 Å². The SMILES string of the molecule is O=C(NCCOCCO)c1ccc2cc(Br)ccc2c1. The highest BCUT2D eigenvalue weighted by atomic mass is 79.9. The van der Waals surface area contributed by atoms with Crippen LogP contribution in [0, 0.1) is 0 Å². The van der Waals surface area contributed by atoms with Gasteiger partial charge in [-0.1, -0.05) is 28.1 Å². The molecule has 0 aliphatic rings. The fraction of sp³-hybridized carbons (Fsp3) is 0.267. The Hall–Kier alpha value is -1.43. The fourth-order valence-electron chi connectivity index (χ4n) is 1.86. The minimum absolute atomic E-state index is 0.00577. The van der Waals surface area contributed by atoms with Gasteiger partial charge in [0.2, 0.25) is 0 Å². The third-order valence-electron chi connectivity index (χ3n) is 2.83. The van der Waals surface area contributed by atoms with E-state index in [1.54, 1.807) is 6.07 Å². The highest BCUT2D eigenvalue weighted by Gasteiger charge is 2.05. The summed E-state index contributed by atoms with van der Waals surface area (Å²) in [6.07, 6.45) is 0. The predicted molar refractivity (Wildman–Crippen MR) is 81.9 cm³/mol. The third kappa shape index (κ3) is 4.03. The van der Waals surface area contributed by atoms with Crippen LogP contribution in [-0.4, -0.2) is 37.4 Å². The highest BCUT2D eigenvalue weighted by Crippen LogP contribution is 2.20. The summed E-state index contributed by atoms with van der Waals surface area (Å²) in [6.45, 7) is 1.11. The van der Waals surface area contributed by atoms with Crippen LogP contribution in [0.5, 0.6) is 0 Å². The summed E-state index contributed by atoms with van der Waals surface area (Å²) in [5.41, 5.74) is 0.627. The molecule has 0 unspecified atom stereocenters. The van der Waals surface area contributed by atoms with Crippen molar-refractivity contribution in [3.05, 3.63) is 46.4 Å². The van der Waals surface area contributed by atoms with Crippen molar-refractivity contribution in [1.82, 2.24) is 5.32 Å². The maximum Gasteiger partial charge on any atom is 0.251 e. The quantitative estimate of drug-likeness (QED) is 0.795. The second-order valence-electron chi connectivity index (χ2n) is 4.30. The number of halogens is 1. The van der Waals surface area contributed by atoms with Crippen molar-refractivity contribution >= 4 is 32.6 Å². The van der Waals surface area contributed by atoms with Gasteiger partial charge in [-0.15, -0.1) is 0 Å². The summed E-state index contributed by atoms with van der Waals surface area (Å²) in [7, 11) is 0. The molecule has 0 saturated carbocycles. The number of nitrogens with one attached hydrogen (secondary N) is 1. The second-order valence-corrected chi connectivity index (χ2v) is 5.21. The summed E-state index contributed by atoms with van der Waals surface area (Å²) < 4.78 is 6.10. The van der Waals surface area contributed by atoms with E-state index in [-0.39, 0.29) is 12.5 Å². The van der Waals surface area contributed by atoms with Gasteiger partial charge in [-0.2, -0.15) is 0 Å². The molecule has 106 valence electrons. The summed E-state index contributed by atoms with van der Waals surface area (Å²) in [5.74, 6) is -0.123. The van der Waals surface area contributed by atoms with Crippen LogP contribution in [0.1, 0.15) is 10.4 Å². The van der Waals surface area contributed by atoms with Gasteiger partial charge in [0.15, 0.2) is 0 Å². The third-order valence-corrected chi connectivity index (χ3v) is 3.33. The van der Waals surface area contributed by atoms with Crippen molar-refractivity contribution in [2.45, 2.75) is 0 Å². The number of ether oxygens (including phenoxy) is 1. The van der Waals surface area contributed by atoms with E-state index < -0.39 is 0 Å². The molecule has 0 spiro atoms. The van der Waals surface area contributed by atoms with Crippen molar-refractivity contribution in [3.63, 3.8) is 0 Å². The van der Waals surface area contributed by atoms with Gasteiger partial charge >= 0.3 is 0 Å². The molecule has 0 radical (unpaired) electrons. The first kappa shape index (κ1) is 15.0. The normalized spacial score (nSPS) is 10.7. The monoisotopic (exact) mass is 337 g/mol. The highest BCUT2D eigenvalue weighted by molar-refractivity contribution is 9.10. The number of rotatable bonds is 6. The van der Waals surface area contributed by atoms with Crippen LogP contribution in [0.4, 0.5) is 0 Å². The van der Waals surface area contributed by atoms with Gasteiger partial charge in [-0.3, -0.25) is 4.79 Å². The van der Waals surface area contributed by atoms with E-state index in [1.165, 1.54) is 0 Å². The van der Waals surface area contributed by atoms with Crippen LogP contribution in [0.3, 0.4) is 0 Å². The molecule has 0 fully saturated rings. The Kier molecular flexibility index (Phi) is 5.52. The molecule has 0 aliphatic carbocycles. The zero-order valence-corrected chi connectivity index (χ0v) is 12.5. The molecule has 0 atom stereocenters. The number of hydrogen-bond donors (Lipinski definition) is 2. The lowest BCUT2D eigenvalue weighted by atomic mass is 10.1. The Balaban J connectivity index is 1.98. The van der Waals surface area contributed by atoms with Gasteiger partial charge in [0.05, 0.1) is 19.8 Å². The van der Waals surface area contributed by atoms with Crippen LogP contribution in [-0.2, 0) is 4.74 Å². The molecule has 20 heavy (non-hydrogen) atoms. The number of amides is 1. The van der Waals surface area contributed by atoms with E-state index in [1.807, 2.05) is 30.3 Å². The van der Waals surface area contributed by atoms with Gasteiger partial charge in [-0.05, 0) is 35.0 Å². The minimum Gasteiger partial charge on any atom is -0.394 e. The largest absolute Gasteiger partial charge is 0.394 e. The zero-order valence-electron chi connectivity index (χ0n) is 10.9.